The van der Waals surface area contributed by atoms with Gasteiger partial charge in [-0.25, -0.2) is 0 Å². The Kier molecular flexibility index (Phi) is 5.11. The summed E-state index contributed by atoms with van der Waals surface area (Å²) in [7, 11) is 0. The second-order valence-electron chi connectivity index (χ2n) is 4.20. The Labute approximate surface area is 112 Å². The van der Waals surface area contributed by atoms with Crippen molar-refractivity contribution < 1.29 is 14.2 Å². The molecule has 1 aliphatic heterocycles. The van der Waals surface area contributed by atoms with E-state index in [4.69, 9.17) is 31.5 Å². The van der Waals surface area contributed by atoms with Gasteiger partial charge >= 0.3 is 0 Å². The molecule has 0 amide bonds. The van der Waals surface area contributed by atoms with Crippen LogP contribution in [0.1, 0.15) is 19.3 Å². The lowest BCUT2D eigenvalue weighted by atomic mass is 10.2. The fourth-order valence-electron chi connectivity index (χ4n) is 1.82. The maximum atomic E-state index is 5.80. The molecule has 1 heterocycles. The average molecular weight is 272 g/mol. The maximum Gasteiger partial charge on any atom is 0.157 e. The molecule has 100 valence electrons. The molecule has 5 heteroatoms. The Balaban J connectivity index is 1.68. The van der Waals surface area contributed by atoms with Gasteiger partial charge in [0.25, 0.3) is 0 Å². The van der Waals surface area contributed by atoms with E-state index < -0.39 is 0 Å². The van der Waals surface area contributed by atoms with Crippen molar-refractivity contribution in [1.29, 1.82) is 0 Å². The maximum absolute atomic E-state index is 5.80. The van der Waals surface area contributed by atoms with Crippen LogP contribution in [0.25, 0.3) is 0 Å². The van der Waals surface area contributed by atoms with Crippen LogP contribution in [0.15, 0.2) is 18.2 Å². The highest BCUT2D eigenvalue weighted by Gasteiger charge is 2.13. The Morgan fingerprint density at radius 1 is 1.33 bits per heavy atom. The van der Waals surface area contributed by atoms with Gasteiger partial charge in [0.15, 0.2) is 6.29 Å². The number of nitrogens with two attached hydrogens (primary N) is 1. The molecule has 0 radical (unpaired) electrons. The molecule has 1 aromatic carbocycles. The molecule has 1 atom stereocenters. The lowest BCUT2D eigenvalue weighted by Gasteiger charge is -2.22. The van der Waals surface area contributed by atoms with Gasteiger partial charge in [-0.2, -0.15) is 0 Å². The van der Waals surface area contributed by atoms with Crippen molar-refractivity contribution in [1.82, 2.24) is 0 Å². The molecule has 0 aliphatic carbocycles. The third-order valence-electron chi connectivity index (χ3n) is 2.75. The van der Waals surface area contributed by atoms with E-state index >= 15 is 0 Å². The van der Waals surface area contributed by atoms with Crippen molar-refractivity contribution in [2.75, 3.05) is 25.6 Å². The molecule has 1 aliphatic rings. The monoisotopic (exact) mass is 271 g/mol. The molecule has 0 bridgehead atoms. The van der Waals surface area contributed by atoms with Crippen molar-refractivity contribution in [3.8, 4) is 5.75 Å². The standard InChI is InChI=1S/C13H18ClNO3/c14-10-4-5-12(11(15)9-10)16-7-8-18-13-3-1-2-6-17-13/h4-5,9,13H,1-3,6-8,15H2. The van der Waals surface area contributed by atoms with Gasteiger partial charge in [0, 0.05) is 11.6 Å². The van der Waals surface area contributed by atoms with Crippen molar-refractivity contribution in [3.05, 3.63) is 23.2 Å². The van der Waals surface area contributed by atoms with Crippen molar-refractivity contribution in [3.63, 3.8) is 0 Å². The summed E-state index contributed by atoms with van der Waals surface area (Å²) in [6, 6.07) is 5.18. The first-order valence-electron chi connectivity index (χ1n) is 6.17. The van der Waals surface area contributed by atoms with Crippen LogP contribution in [0.5, 0.6) is 5.75 Å². The Morgan fingerprint density at radius 3 is 2.94 bits per heavy atom. The SMILES string of the molecule is Nc1cc(Cl)ccc1OCCOC1CCCCO1. The summed E-state index contributed by atoms with van der Waals surface area (Å²) in [6.45, 7) is 1.73. The molecular weight excluding hydrogens is 254 g/mol. The van der Waals surface area contributed by atoms with E-state index in [0.717, 1.165) is 25.9 Å². The molecule has 2 rings (SSSR count). The zero-order valence-corrected chi connectivity index (χ0v) is 11.0. The van der Waals surface area contributed by atoms with Gasteiger partial charge in [-0.15, -0.1) is 0 Å². The minimum absolute atomic E-state index is 0.0788. The highest BCUT2D eigenvalue weighted by Crippen LogP contribution is 2.24. The van der Waals surface area contributed by atoms with E-state index in [2.05, 4.69) is 0 Å². The lowest BCUT2D eigenvalue weighted by Crippen LogP contribution is -2.24. The van der Waals surface area contributed by atoms with Crippen LogP contribution < -0.4 is 10.5 Å². The summed E-state index contributed by atoms with van der Waals surface area (Å²) in [5, 5.41) is 0.603. The molecule has 0 saturated carbocycles. The van der Waals surface area contributed by atoms with E-state index in [9.17, 15) is 0 Å². The zero-order chi connectivity index (χ0) is 12.8. The number of benzene rings is 1. The zero-order valence-electron chi connectivity index (χ0n) is 10.2. The summed E-state index contributed by atoms with van der Waals surface area (Å²) in [5.74, 6) is 0.632. The molecule has 4 nitrogen and oxygen atoms in total. The quantitative estimate of drug-likeness (QED) is 0.661. The van der Waals surface area contributed by atoms with E-state index in [1.165, 1.54) is 0 Å². The molecule has 1 fully saturated rings. The topological polar surface area (TPSA) is 53.7 Å². The lowest BCUT2D eigenvalue weighted by molar-refractivity contribution is -0.165. The van der Waals surface area contributed by atoms with Gasteiger partial charge in [-0.1, -0.05) is 11.6 Å². The molecule has 1 unspecified atom stereocenters. The minimum atomic E-state index is -0.0788. The molecule has 1 aromatic rings. The summed E-state index contributed by atoms with van der Waals surface area (Å²) in [4.78, 5) is 0. The number of rotatable bonds is 5. The summed E-state index contributed by atoms with van der Waals surface area (Å²) < 4.78 is 16.5. The van der Waals surface area contributed by atoms with E-state index in [1.807, 2.05) is 0 Å². The third-order valence-corrected chi connectivity index (χ3v) is 2.99. The number of nitrogen functional groups attached to an aromatic ring is 1. The van der Waals surface area contributed by atoms with Crippen LogP contribution in [0, 0.1) is 0 Å². The fraction of sp³-hybridized carbons (Fsp3) is 0.538. The van der Waals surface area contributed by atoms with Gasteiger partial charge in [-0.05, 0) is 37.5 Å². The first-order chi connectivity index (χ1) is 8.75. The van der Waals surface area contributed by atoms with Crippen molar-refractivity contribution in [2.24, 2.45) is 0 Å². The number of hydrogen-bond acceptors (Lipinski definition) is 4. The summed E-state index contributed by atoms with van der Waals surface area (Å²) >= 11 is 5.80. The predicted molar refractivity (Wildman–Crippen MR) is 70.9 cm³/mol. The van der Waals surface area contributed by atoms with Crippen molar-refractivity contribution in [2.45, 2.75) is 25.6 Å². The second-order valence-corrected chi connectivity index (χ2v) is 4.63. The first-order valence-corrected chi connectivity index (χ1v) is 6.54. The van der Waals surface area contributed by atoms with Crippen molar-refractivity contribution >= 4 is 17.3 Å². The summed E-state index contributed by atoms with van der Waals surface area (Å²) in [6.07, 6.45) is 3.17. The van der Waals surface area contributed by atoms with Gasteiger partial charge in [-0.3, -0.25) is 0 Å². The van der Waals surface area contributed by atoms with Gasteiger partial charge in [0.2, 0.25) is 0 Å². The normalized spacial score (nSPS) is 19.7. The van der Waals surface area contributed by atoms with E-state index in [0.29, 0.717) is 29.7 Å². The molecule has 0 aromatic heterocycles. The molecule has 18 heavy (non-hydrogen) atoms. The fourth-order valence-corrected chi connectivity index (χ4v) is 2.01. The number of halogens is 1. The van der Waals surface area contributed by atoms with Gasteiger partial charge in [0.05, 0.1) is 12.3 Å². The van der Waals surface area contributed by atoms with Crippen LogP contribution in [-0.2, 0) is 9.47 Å². The van der Waals surface area contributed by atoms with Gasteiger partial charge < -0.3 is 19.9 Å². The highest BCUT2D eigenvalue weighted by molar-refractivity contribution is 6.30. The van der Waals surface area contributed by atoms with Crippen LogP contribution in [-0.4, -0.2) is 26.1 Å². The molecular formula is C13H18ClNO3. The molecule has 2 N–H and O–H groups in total. The van der Waals surface area contributed by atoms with E-state index in [1.54, 1.807) is 18.2 Å². The van der Waals surface area contributed by atoms with Gasteiger partial charge in [0.1, 0.15) is 12.4 Å². The predicted octanol–water partition coefficient (Wildman–Crippen LogP) is 2.84. The highest BCUT2D eigenvalue weighted by atomic mass is 35.5. The van der Waals surface area contributed by atoms with Crippen LogP contribution in [0.2, 0.25) is 5.02 Å². The number of ether oxygens (including phenoxy) is 3. The summed E-state index contributed by atoms with van der Waals surface area (Å²) in [5.41, 5.74) is 6.31. The smallest absolute Gasteiger partial charge is 0.157 e. The number of anilines is 1. The second kappa shape index (κ2) is 6.83. The molecule has 1 saturated heterocycles. The Hall–Kier alpha value is -0.970. The number of hydrogen-bond donors (Lipinski definition) is 1. The molecule has 0 spiro atoms. The Bertz CT molecular complexity index is 380. The first kappa shape index (κ1) is 13.5. The van der Waals surface area contributed by atoms with Crippen LogP contribution >= 0.6 is 11.6 Å². The van der Waals surface area contributed by atoms with Crippen LogP contribution in [0.4, 0.5) is 5.69 Å². The Morgan fingerprint density at radius 2 is 2.22 bits per heavy atom. The third kappa shape index (κ3) is 4.05. The minimum Gasteiger partial charge on any atom is -0.489 e. The van der Waals surface area contributed by atoms with E-state index in [-0.39, 0.29) is 6.29 Å². The largest absolute Gasteiger partial charge is 0.489 e. The average Bonchev–Trinajstić information content (AvgIpc) is 2.38. The van der Waals surface area contributed by atoms with Crippen LogP contribution in [0.3, 0.4) is 0 Å².